The van der Waals surface area contributed by atoms with Gasteiger partial charge < -0.3 is 9.80 Å². The predicted molar refractivity (Wildman–Crippen MR) is 281 cm³/mol. The lowest BCUT2D eigenvalue weighted by atomic mass is 9.88. The number of rotatable bonds is 10. The van der Waals surface area contributed by atoms with Gasteiger partial charge in [0, 0.05) is 39.3 Å². The van der Waals surface area contributed by atoms with Crippen LogP contribution in [-0.4, -0.2) is 0 Å². The van der Waals surface area contributed by atoms with Crippen molar-refractivity contribution in [3.8, 4) is 44.5 Å². The van der Waals surface area contributed by atoms with E-state index in [4.69, 9.17) is 0 Å². The lowest BCUT2D eigenvalue weighted by Crippen LogP contribution is -2.13. The van der Waals surface area contributed by atoms with Crippen LogP contribution in [0.25, 0.3) is 76.8 Å². The van der Waals surface area contributed by atoms with Crippen LogP contribution in [0.2, 0.25) is 0 Å². The lowest BCUT2D eigenvalue weighted by molar-refractivity contribution is 1.28. The van der Waals surface area contributed by atoms with Crippen LogP contribution in [0.1, 0.15) is 0 Å². The van der Waals surface area contributed by atoms with Crippen LogP contribution in [0.3, 0.4) is 0 Å². The van der Waals surface area contributed by atoms with Gasteiger partial charge >= 0.3 is 0 Å². The predicted octanol–water partition coefficient (Wildman–Crippen LogP) is 18.2. The molecule has 310 valence electrons. The van der Waals surface area contributed by atoms with Gasteiger partial charge in [0.25, 0.3) is 0 Å². The first-order chi connectivity index (χ1) is 32.8. The summed E-state index contributed by atoms with van der Waals surface area (Å²) in [7, 11) is 0. The Morgan fingerprint density at radius 2 is 0.606 bits per heavy atom. The van der Waals surface area contributed by atoms with Crippen LogP contribution in [0.4, 0.5) is 34.1 Å². The van der Waals surface area contributed by atoms with Crippen LogP contribution in [0, 0.1) is 0 Å². The van der Waals surface area contributed by atoms with Crippen LogP contribution >= 0.6 is 0 Å². The van der Waals surface area contributed by atoms with E-state index in [1.54, 1.807) is 0 Å². The smallest absolute Gasteiger partial charge is 0.0618 e. The number of hydrogen-bond acceptors (Lipinski definition) is 2. The molecule has 0 aliphatic carbocycles. The molecular formula is C64H44N2. The average Bonchev–Trinajstić information content (AvgIpc) is 3.40. The summed E-state index contributed by atoms with van der Waals surface area (Å²) in [5.74, 6) is 0. The Hall–Kier alpha value is -8.72. The average molecular weight is 841 g/mol. The second kappa shape index (κ2) is 16.8. The van der Waals surface area contributed by atoms with Gasteiger partial charge in [-0.25, -0.2) is 0 Å². The minimum Gasteiger partial charge on any atom is -0.310 e. The van der Waals surface area contributed by atoms with Gasteiger partial charge in [0.15, 0.2) is 0 Å². The molecule has 0 spiro atoms. The van der Waals surface area contributed by atoms with E-state index < -0.39 is 0 Å². The van der Waals surface area contributed by atoms with Crippen LogP contribution in [-0.2, 0) is 0 Å². The third-order valence-corrected chi connectivity index (χ3v) is 13.0. The summed E-state index contributed by atoms with van der Waals surface area (Å²) in [6, 6.07) is 96.9. The van der Waals surface area contributed by atoms with Crippen molar-refractivity contribution in [3.05, 3.63) is 267 Å². The SMILES string of the molecule is c1ccc(-c2cc(-c3ccccc3)c(N(c3ccccc3)c3ccc(-c4ccc5ccc6c(N(c7ccccc7)c7ccccc7)ccc7ccc4c5c76)cc3)c(-c3ccccc3)c2)cc1. The molecule has 0 saturated heterocycles. The minimum absolute atomic E-state index is 1.08. The second-order valence-electron chi connectivity index (χ2n) is 16.9. The maximum atomic E-state index is 2.44. The second-order valence-corrected chi connectivity index (χ2v) is 16.9. The third-order valence-electron chi connectivity index (χ3n) is 13.0. The number of nitrogens with zero attached hydrogens (tertiary/aromatic N) is 2. The third kappa shape index (κ3) is 6.93. The van der Waals surface area contributed by atoms with Crippen molar-refractivity contribution in [2.45, 2.75) is 0 Å². The first kappa shape index (κ1) is 38.9. The van der Waals surface area contributed by atoms with E-state index in [2.05, 4.69) is 277 Å². The van der Waals surface area contributed by atoms with E-state index in [9.17, 15) is 0 Å². The Morgan fingerprint density at radius 1 is 0.227 bits per heavy atom. The number of para-hydroxylation sites is 3. The topological polar surface area (TPSA) is 6.48 Å². The highest BCUT2D eigenvalue weighted by atomic mass is 15.2. The molecule has 0 N–H and O–H groups in total. The number of hydrogen-bond donors (Lipinski definition) is 0. The van der Waals surface area contributed by atoms with Gasteiger partial charge in [0.1, 0.15) is 0 Å². The summed E-state index contributed by atoms with van der Waals surface area (Å²) in [5, 5.41) is 7.53. The summed E-state index contributed by atoms with van der Waals surface area (Å²) in [5.41, 5.74) is 16.1. The molecule has 2 heteroatoms. The summed E-state index contributed by atoms with van der Waals surface area (Å²) < 4.78 is 0. The molecule has 66 heavy (non-hydrogen) atoms. The summed E-state index contributed by atoms with van der Waals surface area (Å²) in [6.07, 6.45) is 0. The monoisotopic (exact) mass is 840 g/mol. The maximum Gasteiger partial charge on any atom is 0.0618 e. The van der Waals surface area contributed by atoms with Gasteiger partial charge in [-0.1, -0.05) is 200 Å². The zero-order chi connectivity index (χ0) is 43.8. The highest BCUT2D eigenvalue weighted by Crippen LogP contribution is 2.50. The molecule has 0 heterocycles. The molecule has 0 unspecified atom stereocenters. The first-order valence-electron chi connectivity index (χ1n) is 22.7. The lowest BCUT2D eigenvalue weighted by Gasteiger charge is -2.31. The van der Waals surface area contributed by atoms with E-state index in [0.29, 0.717) is 0 Å². The van der Waals surface area contributed by atoms with Crippen molar-refractivity contribution >= 4 is 66.4 Å². The number of anilines is 6. The van der Waals surface area contributed by atoms with Crippen molar-refractivity contribution < 1.29 is 0 Å². The van der Waals surface area contributed by atoms with Gasteiger partial charge in [-0.15, -0.1) is 0 Å². The van der Waals surface area contributed by atoms with Gasteiger partial charge in [-0.2, -0.15) is 0 Å². The molecule has 0 aliphatic heterocycles. The molecular weight excluding hydrogens is 797 g/mol. The van der Waals surface area contributed by atoms with Gasteiger partial charge in [-0.05, 0) is 127 Å². The molecule has 12 aromatic carbocycles. The molecule has 0 fully saturated rings. The Bertz CT molecular complexity index is 3490. The zero-order valence-electron chi connectivity index (χ0n) is 36.3. The van der Waals surface area contributed by atoms with Gasteiger partial charge in [-0.3, -0.25) is 0 Å². The van der Waals surface area contributed by atoms with E-state index >= 15 is 0 Å². The molecule has 0 aromatic heterocycles. The summed E-state index contributed by atoms with van der Waals surface area (Å²) in [4.78, 5) is 4.83. The fraction of sp³-hybridized carbons (Fsp3) is 0. The van der Waals surface area contributed by atoms with Crippen molar-refractivity contribution in [3.63, 3.8) is 0 Å². The molecule has 12 rings (SSSR count). The largest absolute Gasteiger partial charge is 0.310 e. The molecule has 0 amide bonds. The standard InChI is InChI=1S/C64H44N2/c1-7-19-45(20-8-1)51-43-59(46-21-9-2-10-22-46)64(60(44-51)47-23-11-3-12-24-47)66(54-29-17-6-18-30-54)55-37-31-48(32-38-55)56-39-33-49-35-41-58-61(42-36-50-34-40-57(56)62(49)63(50)58)65(52-25-13-4-14-26-52)53-27-15-5-16-28-53/h1-44H. The van der Waals surface area contributed by atoms with Crippen molar-refractivity contribution in [2.75, 3.05) is 9.80 Å². The fourth-order valence-electron chi connectivity index (χ4n) is 9.94. The normalized spacial score (nSPS) is 11.3. The highest BCUT2D eigenvalue weighted by Gasteiger charge is 2.24. The van der Waals surface area contributed by atoms with Crippen LogP contribution in [0.5, 0.6) is 0 Å². The van der Waals surface area contributed by atoms with E-state index in [-0.39, 0.29) is 0 Å². The minimum atomic E-state index is 1.08. The van der Waals surface area contributed by atoms with E-state index in [1.165, 1.54) is 54.6 Å². The van der Waals surface area contributed by atoms with Crippen molar-refractivity contribution in [2.24, 2.45) is 0 Å². The molecule has 2 nitrogen and oxygen atoms in total. The summed E-state index contributed by atoms with van der Waals surface area (Å²) >= 11 is 0. The van der Waals surface area contributed by atoms with Crippen molar-refractivity contribution in [1.82, 2.24) is 0 Å². The molecule has 0 bridgehead atoms. The molecule has 0 atom stereocenters. The van der Waals surface area contributed by atoms with Crippen LogP contribution < -0.4 is 9.80 Å². The molecule has 0 radical (unpaired) electrons. The van der Waals surface area contributed by atoms with E-state index in [1.807, 2.05) is 0 Å². The Morgan fingerprint density at radius 3 is 1.12 bits per heavy atom. The van der Waals surface area contributed by atoms with Gasteiger partial charge in [0.05, 0.1) is 11.4 Å². The zero-order valence-corrected chi connectivity index (χ0v) is 36.3. The molecule has 0 aliphatic rings. The van der Waals surface area contributed by atoms with Gasteiger partial charge in [0.2, 0.25) is 0 Å². The first-order valence-corrected chi connectivity index (χ1v) is 22.7. The molecule has 0 saturated carbocycles. The molecule has 12 aromatic rings. The Balaban J connectivity index is 1.03. The highest BCUT2D eigenvalue weighted by molar-refractivity contribution is 6.28. The summed E-state index contributed by atoms with van der Waals surface area (Å²) in [6.45, 7) is 0. The van der Waals surface area contributed by atoms with Crippen molar-refractivity contribution in [1.29, 1.82) is 0 Å². The maximum absolute atomic E-state index is 2.44. The van der Waals surface area contributed by atoms with E-state index in [0.717, 1.165) is 56.4 Å². The van der Waals surface area contributed by atoms with Crippen LogP contribution in [0.15, 0.2) is 267 Å². The Kier molecular flexibility index (Phi) is 9.89. The Labute approximate surface area is 385 Å². The number of benzene rings is 12. The quantitative estimate of drug-likeness (QED) is 0.127. The fourth-order valence-corrected chi connectivity index (χ4v) is 9.94.